The first-order valence-electron chi connectivity index (χ1n) is 11.1. The number of nitrogens with zero attached hydrogens (tertiary/aromatic N) is 2. The highest BCUT2D eigenvalue weighted by Gasteiger charge is 2.26. The first kappa shape index (κ1) is 23.4. The lowest BCUT2D eigenvalue weighted by molar-refractivity contribution is 0.0683. The van der Waals surface area contributed by atoms with Crippen molar-refractivity contribution in [2.75, 3.05) is 19.8 Å². The van der Waals surface area contributed by atoms with E-state index < -0.39 is 11.6 Å². The molecular formula is C26H22ClF2N3O3. The largest absolute Gasteiger partial charge is 0.438 e. The number of pyridine rings is 1. The van der Waals surface area contributed by atoms with Crippen LogP contribution in [0.3, 0.4) is 0 Å². The second kappa shape index (κ2) is 9.37. The summed E-state index contributed by atoms with van der Waals surface area (Å²) in [4.78, 5) is 17.5. The molecule has 0 saturated carbocycles. The Labute approximate surface area is 205 Å². The predicted octanol–water partition coefficient (Wildman–Crippen LogP) is 5.37. The first-order valence-corrected chi connectivity index (χ1v) is 11.5. The van der Waals surface area contributed by atoms with Crippen LogP contribution in [0.15, 0.2) is 57.9 Å². The maximum Gasteiger partial charge on any atom is 0.255 e. The number of nitrogens with one attached hydrogen (secondary N) is 1. The molecule has 180 valence electrons. The monoisotopic (exact) mass is 497 g/mol. The highest BCUT2D eigenvalue weighted by molar-refractivity contribution is 6.30. The molecule has 1 aliphatic heterocycles. The van der Waals surface area contributed by atoms with Crippen LogP contribution in [0.25, 0.3) is 28.3 Å². The van der Waals surface area contributed by atoms with Gasteiger partial charge in [0.2, 0.25) is 5.89 Å². The van der Waals surface area contributed by atoms with Gasteiger partial charge < -0.3 is 14.5 Å². The van der Waals surface area contributed by atoms with Crippen molar-refractivity contribution in [3.05, 3.63) is 92.7 Å². The van der Waals surface area contributed by atoms with Gasteiger partial charge in [0.05, 0.1) is 24.5 Å². The van der Waals surface area contributed by atoms with Gasteiger partial charge in [0, 0.05) is 35.5 Å². The Morgan fingerprint density at radius 3 is 2.57 bits per heavy atom. The van der Waals surface area contributed by atoms with E-state index in [0.29, 0.717) is 47.6 Å². The number of hydrogen-bond acceptors (Lipinski definition) is 5. The molecule has 0 spiro atoms. The molecule has 0 aliphatic carbocycles. The number of oxazole rings is 1. The Morgan fingerprint density at radius 1 is 1.11 bits per heavy atom. The van der Waals surface area contributed by atoms with Gasteiger partial charge in [-0.15, -0.1) is 0 Å². The van der Waals surface area contributed by atoms with Crippen molar-refractivity contribution < 1.29 is 17.9 Å². The standard InChI is InChI=1S/C26H22ClF2N3O3/c1-14-9-17(27)10-15(2)24(14)32-12-16(3-6-22(32)33)23-25(19-5-4-18(28)11-20(19)29)35-26(31-23)21-13-34-8-7-30-21/h3-6,9-12,21,30H,7-8,13H2,1-2H3. The maximum absolute atomic E-state index is 14.8. The van der Waals surface area contributed by atoms with Crippen LogP contribution in [0.5, 0.6) is 0 Å². The normalized spacial score (nSPS) is 16.0. The minimum absolute atomic E-state index is 0.0634. The third kappa shape index (κ3) is 4.52. The highest BCUT2D eigenvalue weighted by Crippen LogP contribution is 2.36. The average molecular weight is 498 g/mol. The van der Waals surface area contributed by atoms with Crippen LogP contribution >= 0.6 is 11.6 Å². The number of ether oxygens (including phenoxy) is 1. The van der Waals surface area contributed by atoms with Gasteiger partial charge in [-0.25, -0.2) is 13.8 Å². The Morgan fingerprint density at radius 2 is 1.89 bits per heavy atom. The van der Waals surface area contributed by atoms with Gasteiger partial charge >= 0.3 is 0 Å². The lowest BCUT2D eigenvalue weighted by atomic mass is 10.1. The summed E-state index contributed by atoms with van der Waals surface area (Å²) in [5.74, 6) is -1.02. The zero-order valence-corrected chi connectivity index (χ0v) is 19.8. The highest BCUT2D eigenvalue weighted by atomic mass is 35.5. The number of rotatable bonds is 4. The molecule has 1 atom stereocenters. The number of morpholine rings is 1. The zero-order valence-electron chi connectivity index (χ0n) is 19.1. The second-order valence-electron chi connectivity index (χ2n) is 8.45. The van der Waals surface area contributed by atoms with Gasteiger partial charge in [0.15, 0.2) is 5.76 Å². The number of halogens is 3. The molecule has 1 saturated heterocycles. The zero-order chi connectivity index (χ0) is 24.7. The third-order valence-corrected chi connectivity index (χ3v) is 6.14. The number of hydrogen-bond donors (Lipinski definition) is 1. The fourth-order valence-electron chi connectivity index (χ4n) is 4.35. The number of benzene rings is 2. The van der Waals surface area contributed by atoms with Crippen molar-refractivity contribution >= 4 is 11.6 Å². The lowest BCUT2D eigenvalue weighted by Gasteiger charge is -2.20. The van der Waals surface area contributed by atoms with Crippen LogP contribution in [0, 0.1) is 25.5 Å². The van der Waals surface area contributed by atoms with Gasteiger partial charge in [0.1, 0.15) is 23.4 Å². The number of aryl methyl sites for hydroxylation is 2. The SMILES string of the molecule is Cc1cc(Cl)cc(C)c1-n1cc(-c2nc(C3COCCN3)oc2-c2ccc(F)cc2F)ccc1=O. The van der Waals surface area contributed by atoms with E-state index in [1.54, 1.807) is 24.4 Å². The first-order chi connectivity index (χ1) is 16.8. The molecule has 35 heavy (non-hydrogen) atoms. The van der Waals surface area contributed by atoms with Crippen LogP contribution in [-0.2, 0) is 4.74 Å². The predicted molar refractivity (Wildman–Crippen MR) is 129 cm³/mol. The van der Waals surface area contributed by atoms with Crippen molar-refractivity contribution in [3.63, 3.8) is 0 Å². The molecule has 1 fully saturated rings. The van der Waals surface area contributed by atoms with Crippen LogP contribution in [0.2, 0.25) is 5.02 Å². The van der Waals surface area contributed by atoms with Gasteiger partial charge in [-0.3, -0.25) is 9.36 Å². The summed E-state index contributed by atoms with van der Waals surface area (Å²) in [6, 6.07) is 9.54. The van der Waals surface area contributed by atoms with E-state index in [9.17, 15) is 13.6 Å². The van der Waals surface area contributed by atoms with E-state index in [1.165, 1.54) is 16.7 Å². The molecule has 1 N–H and O–H groups in total. The number of aromatic nitrogens is 2. The van der Waals surface area contributed by atoms with Crippen LogP contribution in [0.4, 0.5) is 8.78 Å². The van der Waals surface area contributed by atoms with E-state index >= 15 is 0 Å². The van der Waals surface area contributed by atoms with Gasteiger partial charge in [0.25, 0.3) is 5.56 Å². The molecule has 6 nitrogen and oxygen atoms in total. The summed E-state index contributed by atoms with van der Waals surface area (Å²) in [5, 5.41) is 3.84. The smallest absolute Gasteiger partial charge is 0.255 e. The van der Waals surface area contributed by atoms with Crippen LogP contribution in [-0.4, -0.2) is 29.3 Å². The summed E-state index contributed by atoms with van der Waals surface area (Å²) in [6.45, 7) is 5.26. The molecule has 1 aliphatic rings. The maximum atomic E-state index is 14.8. The van der Waals surface area contributed by atoms with Crippen LogP contribution in [0.1, 0.15) is 23.1 Å². The van der Waals surface area contributed by atoms with E-state index in [2.05, 4.69) is 10.3 Å². The summed E-state index contributed by atoms with van der Waals surface area (Å²) in [6.07, 6.45) is 1.64. The molecule has 5 rings (SSSR count). The van der Waals surface area contributed by atoms with E-state index in [0.717, 1.165) is 23.3 Å². The summed E-state index contributed by atoms with van der Waals surface area (Å²) in [7, 11) is 0. The Bertz CT molecular complexity index is 1450. The molecule has 0 radical (unpaired) electrons. The fraction of sp³-hybridized carbons (Fsp3) is 0.231. The summed E-state index contributed by atoms with van der Waals surface area (Å²) >= 11 is 6.18. The van der Waals surface area contributed by atoms with Gasteiger partial charge in [-0.05, 0) is 55.3 Å². The minimum Gasteiger partial charge on any atom is -0.438 e. The Kier molecular flexibility index (Phi) is 6.27. The molecule has 2 aromatic carbocycles. The van der Waals surface area contributed by atoms with Gasteiger partial charge in [-0.1, -0.05) is 11.6 Å². The van der Waals surface area contributed by atoms with Gasteiger partial charge in [-0.2, -0.15) is 0 Å². The van der Waals surface area contributed by atoms with E-state index in [1.807, 2.05) is 13.8 Å². The van der Waals surface area contributed by atoms with E-state index in [-0.39, 0.29) is 22.9 Å². The fourth-order valence-corrected chi connectivity index (χ4v) is 4.67. The lowest BCUT2D eigenvalue weighted by Crippen LogP contribution is -2.34. The van der Waals surface area contributed by atoms with Crippen molar-refractivity contribution in [3.8, 4) is 28.3 Å². The average Bonchev–Trinajstić information content (AvgIpc) is 3.25. The Hall–Kier alpha value is -3.33. The van der Waals surface area contributed by atoms with E-state index in [4.69, 9.17) is 20.8 Å². The quantitative estimate of drug-likeness (QED) is 0.410. The molecule has 0 bridgehead atoms. The molecule has 4 aromatic rings. The molecule has 1 unspecified atom stereocenters. The van der Waals surface area contributed by atoms with Crippen molar-refractivity contribution in [2.45, 2.75) is 19.9 Å². The van der Waals surface area contributed by atoms with Crippen molar-refractivity contribution in [2.24, 2.45) is 0 Å². The third-order valence-electron chi connectivity index (χ3n) is 5.92. The second-order valence-corrected chi connectivity index (χ2v) is 8.89. The topological polar surface area (TPSA) is 69.3 Å². The molecule has 0 amide bonds. The van der Waals surface area contributed by atoms with Crippen molar-refractivity contribution in [1.82, 2.24) is 14.9 Å². The summed E-state index contributed by atoms with van der Waals surface area (Å²) < 4.78 is 41.5. The molecule has 3 heterocycles. The van der Waals surface area contributed by atoms with Crippen molar-refractivity contribution in [1.29, 1.82) is 0 Å². The molecular weight excluding hydrogens is 476 g/mol. The Balaban J connectivity index is 1.70. The van der Waals surface area contributed by atoms with Crippen LogP contribution < -0.4 is 10.9 Å². The molecule has 9 heteroatoms. The summed E-state index contributed by atoms with van der Waals surface area (Å²) in [5.41, 5.74) is 3.02. The minimum atomic E-state index is -0.778. The molecule has 2 aromatic heterocycles.